The van der Waals surface area contributed by atoms with E-state index in [0.29, 0.717) is 22.7 Å². The quantitative estimate of drug-likeness (QED) is 0.384. The molecule has 2 heterocycles. The first kappa shape index (κ1) is 26.1. The number of primary sulfonamides is 1. The van der Waals surface area contributed by atoms with Crippen LogP contribution in [0, 0.1) is 0 Å². The molecule has 13 heteroatoms. The Morgan fingerprint density at radius 2 is 1.76 bits per heavy atom. The van der Waals surface area contributed by atoms with Crippen LogP contribution in [0.1, 0.15) is 16.8 Å². The number of halogens is 3. The van der Waals surface area contributed by atoms with E-state index in [0.717, 1.165) is 17.7 Å². The van der Waals surface area contributed by atoms with E-state index >= 15 is 0 Å². The van der Waals surface area contributed by atoms with Crippen LogP contribution >= 0.6 is 0 Å². The van der Waals surface area contributed by atoms with Crippen LogP contribution in [0.4, 0.5) is 24.7 Å². The summed E-state index contributed by atoms with van der Waals surface area (Å²) in [6.07, 6.45) is -1.29. The molecule has 0 unspecified atom stereocenters. The van der Waals surface area contributed by atoms with Gasteiger partial charge in [-0.2, -0.15) is 13.2 Å². The van der Waals surface area contributed by atoms with Crippen molar-refractivity contribution in [2.75, 3.05) is 19.1 Å². The van der Waals surface area contributed by atoms with Gasteiger partial charge in [0.2, 0.25) is 10.0 Å². The molecule has 0 saturated heterocycles. The standard InChI is InChI=1S/C24H23F3N6O3S/c1-32-13-18(29-14-32)22-19(33(2)21-11-10-20(30-31-21)24(25,26)27)9-6-16(23(22)37(28,34)35)12-15-4-7-17(36-3)8-5-15/h4-11,13-14H,12H2,1-3H3,(H2,28,34,35). The number of sulfonamides is 1. The van der Waals surface area contributed by atoms with Gasteiger partial charge in [0.1, 0.15) is 5.75 Å². The van der Waals surface area contributed by atoms with Crippen molar-refractivity contribution in [3.63, 3.8) is 0 Å². The lowest BCUT2D eigenvalue weighted by molar-refractivity contribution is -0.141. The number of methoxy groups -OCH3 is 1. The summed E-state index contributed by atoms with van der Waals surface area (Å²) in [4.78, 5) is 5.62. The zero-order valence-corrected chi connectivity index (χ0v) is 20.9. The molecule has 0 aliphatic carbocycles. The van der Waals surface area contributed by atoms with Crippen LogP contribution in [0.15, 0.2) is 66.0 Å². The number of aryl methyl sites for hydroxylation is 1. The number of nitrogens with zero attached hydrogens (tertiary/aromatic N) is 5. The van der Waals surface area contributed by atoms with Crippen LogP contribution in [0.25, 0.3) is 11.3 Å². The molecule has 0 saturated carbocycles. The van der Waals surface area contributed by atoms with Crippen LogP contribution in [-0.4, -0.2) is 42.3 Å². The van der Waals surface area contributed by atoms with Crippen LogP contribution in [0.3, 0.4) is 0 Å². The molecule has 0 aliphatic heterocycles. The molecule has 2 N–H and O–H groups in total. The van der Waals surface area contributed by atoms with E-state index in [9.17, 15) is 21.6 Å². The zero-order chi connectivity index (χ0) is 27.0. The first-order valence-corrected chi connectivity index (χ1v) is 12.4. The predicted octanol–water partition coefficient (Wildman–Crippen LogP) is 3.91. The van der Waals surface area contributed by atoms with Crippen molar-refractivity contribution in [3.05, 3.63) is 77.9 Å². The summed E-state index contributed by atoms with van der Waals surface area (Å²) in [5.41, 5.74) is 0.907. The SMILES string of the molecule is COc1ccc(Cc2ccc(N(C)c3ccc(C(F)(F)F)nn3)c(-c3cn(C)cn3)c2S(N)(=O)=O)cc1. The molecular formula is C24H23F3N6O3S. The molecule has 0 aliphatic rings. The summed E-state index contributed by atoms with van der Waals surface area (Å²) in [7, 11) is 0.518. The van der Waals surface area contributed by atoms with Crippen molar-refractivity contribution in [1.82, 2.24) is 19.7 Å². The maximum atomic E-state index is 13.0. The van der Waals surface area contributed by atoms with Gasteiger partial charge in [-0.05, 0) is 47.9 Å². The Kier molecular flexibility index (Phi) is 6.93. The molecule has 0 fully saturated rings. The Balaban J connectivity index is 1.89. The Hall–Kier alpha value is -3.97. The molecule has 0 spiro atoms. The van der Waals surface area contributed by atoms with Gasteiger partial charge in [0, 0.05) is 25.9 Å². The fourth-order valence-electron chi connectivity index (χ4n) is 3.89. The molecule has 194 valence electrons. The molecule has 4 rings (SSSR count). The second kappa shape index (κ2) is 9.82. The molecule has 0 amide bonds. The number of nitrogens with two attached hydrogens (primary N) is 1. The van der Waals surface area contributed by atoms with E-state index in [2.05, 4.69) is 15.2 Å². The number of rotatable bonds is 7. The van der Waals surface area contributed by atoms with Crippen molar-refractivity contribution in [3.8, 4) is 17.0 Å². The lowest BCUT2D eigenvalue weighted by Gasteiger charge is -2.24. The van der Waals surface area contributed by atoms with Gasteiger partial charge in [-0.1, -0.05) is 18.2 Å². The average Bonchev–Trinajstić information content (AvgIpc) is 3.28. The number of alkyl halides is 3. The third kappa shape index (κ3) is 5.57. The molecule has 0 radical (unpaired) electrons. The molecule has 0 bridgehead atoms. The first-order chi connectivity index (χ1) is 17.4. The number of hydrogen-bond acceptors (Lipinski definition) is 7. The summed E-state index contributed by atoms with van der Waals surface area (Å²) in [6, 6.07) is 12.4. The minimum Gasteiger partial charge on any atom is -0.497 e. The number of ether oxygens (including phenoxy) is 1. The van der Waals surface area contributed by atoms with Crippen molar-refractivity contribution in [2.45, 2.75) is 17.5 Å². The van der Waals surface area contributed by atoms with Gasteiger partial charge in [0.25, 0.3) is 0 Å². The fourth-order valence-corrected chi connectivity index (χ4v) is 4.89. The Bertz CT molecular complexity index is 1520. The minimum atomic E-state index is -4.65. The molecule has 9 nitrogen and oxygen atoms in total. The normalized spacial score (nSPS) is 12.0. The second-order valence-corrected chi connectivity index (χ2v) is 9.77. The van der Waals surface area contributed by atoms with E-state index in [-0.39, 0.29) is 22.7 Å². The van der Waals surface area contributed by atoms with Gasteiger partial charge in [0.15, 0.2) is 11.5 Å². The van der Waals surface area contributed by atoms with Crippen molar-refractivity contribution < 1.29 is 26.3 Å². The fraction of sp³-hybridized carbons (Fsp3) is 0.208. The highest BCUT2D eigenvalue weighted by Crippen LogP contribution is 2.40. The minimum absolute atomic E-state index is 0.0634. The van der Waals surface area contributed by atoms with Crippen LogP contribution < -0.4 is 14.8 Å². The van der Waals surface area contributed by atoms with E-state index in [1.54, 1.807) is 49.2 Å². The number of imidazole rings is 1. The van der Waals surface area contributed by atoms with Crippen molar-refractivity contribution >= 4 is 21.5 Å². The summed E-state index contributed by atoms with van der Waals surface area (Å²) in [6.45, 7) is 0. The Morgan fingerprint density at radius 1 is 1.05 bits per heavy atom. The number of hydrogen-bond donors (Lipinski definition) is 1. The smallest absolute Gasteiger partial charge is 0.435 e. The molecule has 2 aromatic carbocycles. The molecule has 0 atom stereocenters. The van der Waals surface area contributed by atoms with E-state index in [1.165, 1.54) is 18.3 Å². The van der Waals surface area contributed by atoms with Crippen molar-refractivity contribution in [2.24, 2.45) is 12.2 Å². The van der Waals surface area contributed by atoms with Crippen LogP contribution in [-0.2, 0) is 29.7 Å². The second-order valence-electron chi connectivity index (χ2n) is 8.28. The largest absolute Gasteiger partial charge is 0.497 e. The summed E-state index contributed by atoms with van der Waals surface area (Å²) < 4.78 is 71.6. The number of anilines is 2. The molecule has 2 aromatic heterocycles. The molecular weight excluding hydrogens is 509 g/mol. The molecule has 4 aromatic rings. The number of aromatic nitrogens is 4. The van der Waals surface area contributed by atoms with Gasteiger partial charge in [-0.15, -0.1) is 10.2 Å². The lowest BCUT2D eigenvalue weighted by atomic mass is 9.99. The Labute approximate surface area is 211 Å². The van der Waals surface area contributed by atoms with E-state index < -0.39 is 21.9 Å². The van der Waals surface area contributed by atoms with E-state index in [1.807, 2.05) is 12.1 Å². The maximum absolute atomic E-state index is 13.0. The Morgan fingerprint density at radius 3 is 2.27 bits per heavy atom. The van der Waals surface area contributed by atoms with Gasteiger partial charge < -0.3 is 14.2 Å². The highest BCUT2D eigenvalue weighted by atomic mass is 32.2. The summed E-state index contributed by atoms with van der Waals surface area (Å²) >= 11 is 0. The predicted molar refractivity (Wildman–Crippen MR) is 131 cm³/mol. The topological polar surface area (TPSA) is 116 Å². The highest BCUT2D eigenvalue weighted by molar-refractivity contribution is 7.89. The van der Waals surface area contributed by atoms with Crippen LogP contribution in [0.5, 0.6) is 5.75 Å². The third-order valence-corrected chi connectivity index (χ3v) is 6.70. The van der Waals surface area contributed by atoms with Gasteiger partial charge in [-0.3, -0.25) is 0 Å². The average molecular weight is 533 g/mol. The monoisotopic (exact) mass is 532 g/mol. The van der Waals surface area contributed by atoms with Crippen molar-refractivity contribution in [1.29, 1.82) is 0 Å². The summed E-state index contributed by atoms with van der Waals surface area (Å²) in [5, 5.41) is 12.7. The zero-order valence-electron chi connectivity index (χ0n) is 20.1. The number of benzene rings is 2. The van der Waals surface area contributed by atoms with Crippen LogP contribution in [0.2, 0.25) is 0 Å². The maximum Gasteiger partial charge on any atom is 0.435 e. The third-order valence-electron chi connectivity index (χ3n) is 5.66. The molecule has 37 heavy (non-hydrogen) atoms. The lowest BCUT2D eigenvalue weighted by Crippen LogP contribution is -2.20. The highest BCUT2D eigenvalue weighted by Gasteiger charge is 2.33. The van der Waals surface area contributed by atoms with Gasteiger partial charge >= 0.3 is 6.18 Å². The van der Waals surface area contributed by atoms with Gasteiger partial charge in [-0.25, -0.2) is 18.5 Å². The van der Waals surface area contributed by atoms with E-state index in [4.69, 9.17) is 9.88 Å². The summed E-state index contributed by atoms with van der Waals surface area (Å²) in [5.74, 6) is 0.715. The van der Waals surface area contributed by atoms with Gasteiger partial charge in [0.05, 0.1) is 29.7 Å². The first-order valence-electron chi connectivity index (χ1n) is 10.8.